The van der Waals surface area contributed by atoms with Crippen molar-refractivity contribution in [2.75, 3.05) is 5.32 Å². The zero-order chi connectivity index (χ0) is 14.7. The highest BCUT2D eigenvalue weighted by Crippen LogP contribution is 2.26. The molecule has 0 fully saturated rings. The van der Waals surface area contributed by atoms with Crippen molar-refractivity contribution in [2.45, 2.75) is 6.04 Å². The molecule has 3 aromatic rings. The highest BCUT2D eigenvalue weighted by Gasteiger charge is 2.17. The van der Waals surface area contributed by atoms with Gasteiger partial charge in [0, 0.05) is 30.2 Å². The van der Waals surface area contributed by atoms with Gasteiger partial charge in [0.25, 0.3) is 0 Å². The summed E-state index contributed by atoms with van der Waals surface area (Å²) in [6.45, 7) is 0. The highest BCUT2D eigenvalue weighted by molar-refractivity contribution is 6.30. The first-order valence-electron chi connectivity index (χ1n) is 6.78. The van der Waals surface area contributed by atoms with E-state index in [1.165, 1.54) is 5.56 Å². The van der Waals surface area contributed by atoms with E-state index in [1.54, 1.807) is 0 Å². The first-order valence-corrected chi connectivity index (χ1v) is 7.16. The molecule has 0 saturated carbocycles. The number of hydrogen-bond donors (Lipinski definition) is 1. The molecule has 0 aliphatic rings. The first kappa shape index (κ1) is 13.7. The van der Waals surface area contributed by atoms with Crippen molar-refractivity contribution in [3.8, 4) is 0 Å². The molecular weight excluding hydrogens is 282 g/mol. The molecule has 4 heteroatoms. The average molecular weight is 298 g/mol. The SMILES string of the molecule is Cn1ccnc1C(Nc1ccc(Cl)cc1)c1ccccc1. The number of hydrogen-bond acceptors (Lipinski definition) is 2. The molecule has 2 aromatic carbocycles. The molecule has 0 aliphatic heterocycles. The van der Waals surface area contributed by atoms with Gasteiger partial charge in [0.05, 0.1) is 0 Å². The smallest absolute Gasteiger partial charge is 0.135 e. The molecule has 0 bridgehead atoms. The molecule has 0 radical (unpaired) electrons. The van der Waals surface area contributed by atoms with Gasteiger partial charge < -0.3 is 9.88 Å². The summed E-state index contributed by atoms with van der Waals surface area (Å²) in [4.78, 5) is 4.48. The number of anilines is 1. The number of imidazole rings is 1. The maximum Gasteiger partial charge on any atom is 0.135 e. The normalized spacial score (nSPS) is 12.1. The van der Waals surface area contributed by atoms with Gasteiger partial charge in [-0.2, -0.15) is 0 Å². The number of halogens is 1. The summed E-state index contributed by atoms with van der Waals surface area (Å²) < 4.78 is 2.03. The second-order valence-electron chi connectivity index (χ2n) is 4.89. The van der Waals surface area contributed by atoms with Crippen LogP contribution in [0, 0.1) is 0 Å². The zero-order valence-corrected chi connectivity index (χ0v) is 12.5. The monoisotopic (exact) mass is 297 g/mol. The van der Waals surface area contributed by atoms with Crippen molar-refractivity contribution >= 4 is 17.3 Å². The van der Waals surface area contributed by atoms with Gasteiger partial charge in [0.15, 0.2) is 0 Å². The summed E-state index contributed by atoms with van der Waals surface area (Å²) in [7, 11) is 2.00. The van der Waals surface area contributed by atoms with Crippen LogP contribution in [-0.4, -0.2) is 9.55 Å². The van der Waals surface area contributed by atoms with E-state index in [9.17, 15) is 0 Å². The van der Waals surface area contributed by atoms with Crippen molar-refractivity contribution in [1.29, 1.82) is 0 Å². The standard InChI is InChI=1S/C17H16ClN3/c1-21-12-11-19-17(21)16(13-5-3-2-4-6-13)20-15-9-7-14(18)8-10-15/h2-12,16,20H,1H3. The number of aromatic nitrogens is 2. The van der Waals surface area contributed by atoms with Crippen molar-refractivity contribution in [2.24, 2.45) is 7.05 Å². The number of aryl methyl sites for hydroxylation is 1. The molecule has 0 amide bonds. The van der Waals surface area contributed by atoms with Gasteiger partial charge in [-0.05, 0) is 29.8 Å². The zero-order valence-electron chi connectivity index (χ0n) is 11.7. The third-order valence-electron chi connectivity index (χ3n) is 3.40. The van der Waals surface area contributed by atoms with E-state index in [-0.39, 0.29) is 6.04 Å². The van der Waals surface area contributed by atoms with Crippen LogP contribution in [0.5, 0.6) is 0 Å². The Morgan fingerprint density at radius 1 is 1.05 bits per heavy atom. The van der Waals surface area contributed by atoms with E-state index in [4.69, 9.17) is 11.6 Å². The lowest BCUT2D eigenvalue weighted by molar-refractivity contribution is 0.748. The minimum atomic E-state index is -0.00706. The second kappa shape index (κ2) is 6.02. The van der Waals surface area contributed by atoms with Gasteiger partial charge >= 0.3 is 0 Å². The Balaban J connectivity index is 1.97. The highest BCUT2D eigenvalue weighted by atomic mass is 35.5. The van der Waals surface area contributed by atoms with Crippen LogP contribution in [0.2, 0.25) is 5.02 Å². The van der Waals surface area contributed by atoms with Gasteiger partial charge in [-0.3, -0.25) is 0 Å². The number of benzene rings is 2. The fraction of sp³-hybridized carbons (Fsp3) is 0.118. The lowest BCUT2D eigenvalue weighted by atomic mass is 10.1. The van der Waals surface area contributed by atoms with Gasteiger partial charge in [-0.25, -0.2) is 4.98 Å². The Hall–Kier alpha value is -2.26. The van der Waals surface area contributed by atoms with Crippen molar-refractivity contribution in [3.63, 3.8) is 0 Å². The minimum absolute atomic E-state index is 0.00706. The lowest BCUT2D eigenvalue weighted by Gasteiger charge is -2.20. The Morgan fingerprint density at radius 3 is 2.38 bits per heavy atom. The van der Waals surface area contributed by atoms with E-state index >= 15 is 0 Å². The second-order valence-corrected chi connectivity index (χ2v) is 5.33. The largest absolute Gasteiger partial charge is 0.372 e. The van der Waals surface area contributed by atoms with E-state index in [0.29, 0.717) is 0 Å². The molecule has 1 N–H and O–H groups in total. The summed E-state index contributed by atoms with van der Waals surface area (Å²) >= 11 is 5.95. The van der Waals surface area contributed by atoms with Crippen molar-refractivity contribution in [3.05, 3.63) is 83.4 Å². The lowest BCUT2D eigenvalue weighted by Crippen LogP contribution is -2.16. The fourth-order valence-corrected chi connectivity index (χ4v) is 2.44. The van der Waals surface area contributed by atoms with Crippen LogP contribution in [0.25, 0.3) is 0 Å². The molecule has 3 nitrogen and oxygen atoms in total. The van der Waals surface area contributed by atoms with E-state index in [0.717, 1.165) is 16.5 Å². The predicted octanol–water partition coefficient (Wildman–Crippen LogP) is 4.28. The molecule has 1 aromatic heterocycles. The number of rotatable bonds is 4. The van der Waals surface area contributed by atoms with Crippen LogP contribution in [0.1, 0.15) is 17.4 Å². The average Bonchev–Trinajstić information content (AvgIpc) is 2.93. The summed E-state index contributed by atoms with van der Waals surface area (Å²) in [6, 6.07) is 18.0. The van der Waals surface area contributed by atoms with Crippen LogP contribution in [0.4, 0.5) is 5.69 Å². The maximum atomic E-state index is 5.95. The Morgan fingerprint density at radius 2 is 1.76 bits per heavy atom. The van der Waals surface area contributed by atoms with Crippen LogP contribution in [0.15, 0.2) is 67.0 Å². The van der Waals surface area contributed by atoms with Crippen LogP contribution < -0.4 is 5.32 Å². The van der Waals surface area contributed by atoms with E-state index in [1.807, 2.05) is 66.5 Å². The van der Waals surface area contributed by atoms with Crippen molar-refractivity contribution in [1.82, 2.24) is 9.55 Å². The molecule has 0 aliphatic carbocycles. The predicted molar refractivity (Wildman–Crippen MR) is 86.6 cm³/mol. The van der Waals surface area contributed by atoms with Crippen LogP contribution in [0.3, 0.4) is 0 Å². The van der Waals surface area contributed by atoms with Gasteiger partial charge in [-0.1, -0.05) is 41.9 Å². The van der Waals surface area contributed by atoms with Gasteiger partial charge in [0.1, 0.15) is 11.9 Å². The molecule has 0 spiro atoms. The maximum absolute atomic E-state index is 5.95. The molecule has 0 saturated heterocycles. The minimum Gasteiger partial charge on any atom is -0.372 e. The fourth-order valence-electron chi connectivity index (χ4n) is 2.31. The molecule has 3 rings (SSSR count). The molecular formula is C17H16ClN3. The molecule has 1 atom stereocenters. The summed E-state index contributed by atoms with van der Waals surface area (Å²) in [5, 5.41) is 4.25. The van der Waals surface area contributed by atoms with Crippen LogP contribution in [-0.2, 0) is 7.05 Å². The molecule has 21 heavy (non-hydrogen) atoms. The third-order valence-corrected chi connectivity index (χ3v) is 3.66. The molecule has 1 heterocycles. The van der Waals surface area contributed by atoms with Crippen molar-refractivity contribution < 1.29 is 0 Å². The van der Waals surface area contributed by atoms with E-state index in [2.05, 4.69) is 22.4 Å². The van der Waals surface area contributed by atoms with Crippen LogP contribution >= 0.6 is 11.6 Å². The Labute approximate surface area is 129 Å². The van der Waals surface area contributed by atoms with Gasteiger partial charge in [0.2, 0.25) is 0 Å². The number of nitrogens with one attached hydrogen (secondary N) is 1. The third kappa shape index (κ3) is 3.09. The summed E-state index contributed by atoms with van der Waals surface area (Å²) in [6.07, 6.45) is 3.77. The summed E-state index contributed by atoms with van der Waals surface area (Å²) in [5.41, 5.74) is 2.18. The quantitative estimate of drug-likeness (QED) is 0.779. The summed E-state index contributed by atoms with van der Waals surface area (Å²) in [5.74, 6) is 0.969. The first-order chi connectivity index (χ1) is 10.2. The topological polar surface area (TPSA) is 29.9 Å². The molecule has 1 unspecified atom stereocenters. The number of nitrogens with zero attached hydrogens (tertiary/aromatic N) is 2. The Bertz CT molecular complexity index is 704. The van der Waals surface area contributed by atoms with Gasteiger partial charge in [-0.15, -0.1) is 0 Å². The van der Waals surface area contributed by atoms with E-state index < -0.39 is 0 Å². The molecule has 106 valence electrons. The Kier molecular flexibility index (Phi) is 3.93.